The van der Waals surface area contributed by atoms with E-state index in [4.69, 9.17) is 9.47 Å². The summed E-state index contributed by atoms with van der Waals surface area (Å²) in [5.41, 5.74) is 3.72. The standard InChI is InChI=1S/C27H37FN6O3.C18H16FN5OS/c1-3-8-34(25(36)29-18-35)24-20-12-21(28)23(13-22(20)31(2)30-24)33-16-26(17-33)14-19(15-26)32-9-6-27(7-10-32)5-4-11-37-27;1-3-24(2)26-23-15-7-5-14(19)18(13(15)11-20)25-12-4-6-16-17(10-12)22-9-8-21-16/h12-13,18-19H,3-11,14-17H2,1-2H3,(H,29,35,36);4-10,23H,3H2,1-2H3. The number of nitriles is 1. The normalized spacial score (nSPS) is 17.8. The number of nitrogens with zero attached hydrogens (tertiary/aromatic N) is 9. The Labute approximate surface area is 370 Å². The number of rotatable bonds is 12. The number of benzene rings is 3. The van der Waals surface area contributed by atoms with E-state index in [1.54, 1.807) is 42.3 Å². The van der Waals surface area contributed by atoms with E-state index in [-0.39, 0.29) is 22.7 Å². The monoisotopic (exact) mass is 881 g/mol. The van der Waals surface area contributed by atoms with Crippen LogP contribution in [0, 0.1) is 28.4 Å². The van der Waals surface area contributed by atoms with Gasteiger partial charge in [0.25, 0.3) is 0 Å². The van der Waals surface area contributed by atoms with Crippen molar-refractivity contribution < 1.29 is 27.8 Å². The third-order valence-electron chi connectivity index (χ3n) is 12.8. The molecule has 2 N–H and O–H groups in total. The highest BCUT2D eigenvalue weighted by atomic mass is 32.2. The number of carbonyl (C=O) groups excluding carboxylic acids is 2. The number of amides is 3. The van der Waals surface area contributed by atoms with E-state index in [9.17, 15) is 19.2 Å². The second-order valence-electron chi connectivity index (χ2n) is 16.9. The van der Waals surface area contributed by atoms with Gasteiger partial charge < -0.3 is 24.0 Å². The van der Waals surface area contributed by atoms with E-state index in [1.165, 1.54) is 60.9 Å². The van der Waals surface area contributed by atoms with Crippen molar-refractivity contribution in [2.45, 2.75) is 70.4 Å². The molecule has 4 fully saturated rings. The average molecular weight is 882 g/mol. The van der Waals surface area contributed by atoms with E-state index in [0.717, 1.165) is 57.7 Å². The zero-order valence-electron chi connectivity index (χ0n) is 36.1. The van der Waals surface area contributed by atoms with Crippen molar-refractivity contribution in [2.24, 2.45) is 12.5 Å². The summed E-state index contributed by atoms with van der Waals surface area (Å²) in [6, 6.07) is 13.3. The van der Waals surface area contributed by atoms with Crippen LogP contribution in [0.4, 0.5) is 30.8 Å². The van der Waals surface area contributed by atoms with Gasteiger partial charge in [-0.25, -0.2) is 17.9 Å². The maximum atomic E-state index is 15.4. The number of urea groups is 1. The topological polar surface area (TPSA) is 157 Å². The Morgan fingerprint density at radius 3 is 2.51 bits per heavy atom. The Hall–Kier alpha value is -5.61. The average Bonchev–Trinajstić information content (AvgIpc) is 3.85. The second kappa shape index (κ2) is 18.6. The van der Waals surface area contributed by atoms with Crippen molar-refractivity contribution in [1.29, 1.82) is 5.26 Å². The minimum absolute atomic E-state index is 0.0984. The fourth-order valence-electron chi connectivity index (χ4n) is 9.35. The van der Waals surface area contributed by atoms with Crippen molar-refractivity contribution in [2.75, 3.05) is 67.4 Å². The van der Waals surface area contributed by atoms with E-state index in [1.807, 2.05) is 37.3 Å². The molecule has 5 heterocycles. The molecule has 1 aliphatic carbocycles. The molecular weight excluding hydrogens is 829 g/mol. The Morgan fingerprint density at radius 1 is 1.06 bits per heavy atom. The van der Waals surface area contributed by atoms with E-state index in [2.05, 4.69) is 34.9 Å². The molecule has 2 spiro atoms. The van der Waals surface area contributed by atoms with Gasteiger partial charge in [-0.3, -0.25) is 29.7 Å². The first-order valence-electron chi connectivity index (χ1n) is 21.5. The fraction of sp³-hybridized carbons (Fsp3) is 0.467. The number of aryl methyl sites for hydroxylation is 1. The Bertz CT molecular complexity index is 2500. The van der Waals surface area contributed by atoms with Gasteiger partial charge in [-0.05, 0) is 88.4 Å². The number of fused-ring (bicyclic) bond motifs is 2. The van der Waals surface area contributed by atoms with Crippen molar-refractivity contribution in [1.82, 2.24) is 34.3 Å². The molecule has 63 heavy (non-hydrogen) atoms. The predicted octanol–water partition coefficient (Wildman–Crippen LogP) is 7.77. The second-order valence-corrected chi connectivity index (χ2v) is 17.9. The molecule has 3 saturated heterocycles. The van der Waals surface area contributed by atoms with Crippen molar-refractivity contribution in [3.63, 3.8) is 0 Å². The smallest absolute Gasteiger partial charge is 0.329 e. The maximum absolute atomic E-state index is 15.4. The van der Waals surface area contributed by atoms with E-state index in [0.29, 0.717) is 70.2 Å². The van der Waals surface area contributed by atoms with Crippen LogP contribution in [0.15, 0.2) is 54.9 Å². The number of hydrogen-bond acceptors (Lipinski definition) is 13. The first-order chi connectivity index (χ1) is 30.5. The molecule has 15 nitrogen and oxygen atoms in total. The minimum Gasteiger partial charge on any atom is -0.453 e. The molecule has 4 aliphatic rings. The van der Waals surface area contributed by atoms with Gasteiger partial charge in [-0.1, -0.05) is 13.8 Å². The lowest BCUT2D eigenvalue weighted by atomic mass is 9.60. The highest BCUT2D eigenvalue weighted by Crippen LogP contribution is 2.53. The largest absolute Gasteiger partial charge is 0.453 e. The summed E-state index contributed by atoms with van der Waals surface area (Å²) in [4.78, 5) is 37.8. The molecule has 0 atom stereocenters. The van der Waals surface area contributed by atoms with Crippen LogP contribution in [0.5, 0.6) is 11.5 Å². The van der Waals surface area contributed by atoms with Crippen molar-refractivity contribution in [3.8, 4) is 17.6 Å². The van der Waals surface area contributed by atoms with E-state index >= 15 is 4.39 Å². The lowest BCUT2D eigenvalue weighted by Gasteiger charge is -2.62. The number of ether oxygens (including phenoxy) is 2. The van der Waals surface area contributed by atoms with Crippen molar-refractivity contribution >= 4 is 63.7 Å². The Morgan fingerprint density at radius 2 is 1.83 bits per heavy atom. The maximum Gasteiger partial charge on any atom is 0.329 e. The molecule has 0 unspecified atom stereocenters. The number of aromatic nitrogens is 4. The molecular formula is C45H53F2N11O4S. The van der Waals surface area contributed by atoms with Crippen LogP contribution in [0.1, 0.15) is 64.4 Å². The zero-order valence-corrected chi connectivity index (χ0v) is 36.9. The minimum atomic E-state index is -0.611. The number of piperidine rings is 1. The third kappa shape index (κ3) is 9.10. The van der Waals surface area contributed by atoms with Gasteiger partial charge in [0.05, 0.1) is 33.5 Å². The van der Waals surface area contributed by atoms with Gasteiger partial charge in [0.2, 0.25) is 6.41 Å². The molecule has 2 aromatic heterocycles. The fourth-order valence-corrected chi connectivity index (χ4v) is 9.90. The number of halogens is 2. The first kappa shape index (κ1) is 44.0. The SMILES string of the molecule is CCCN(C(=O)NC=O)c1nn(C)c2cc(N3CC4(CC(N5CCC6(CCCO6)CC5)C4)C3)c(F)cc12.CCN(C)SNc1ccc(F)c(Oc2ccc3nccnc3c2)c1C#N. The van der Waals surface area contributed by atoms with Gasteiger partial charge in [-0.15, -0.1) is 0 Å². The third-order valence-corrected chi connectivity index (χ3v) is 13.7. The van der Waals surface area contributed by atoms with Crippen LogP contribution in [0.25, 0.3) is 21.9 Å². The molecule has 3 aromatic carbocycles. The molecule has 3 aliphatic heterocycles. The van der Waals surface area contributed by atoms with E-state index < -0.39 is 11.8 Å². The Kier molecular flexibility index (Phi) is 13.0. The van der Waals surface area contributed by atoms with Gasteiger partial charge in [0.1, 0.15) is 23.2 Å². The van der Waals surface area contributed by atoms with Crippen LogP contribution in [0.3, 0.4) is 0 Å². The highest BCUT2D eigenvalue weighted by Gasteiger charge is 2.55. The highest BCUT2D eigenvalue weighted by molar-refractivity contribution is 7.98. The quantitative estimate of drug-likeness (QED) is 0.0927. The number of hydrogen-bond donors (Lipinski definition) is 2. The van der Waals surface area contributed by atoms with Crippen LogP contribution < -0.4 is 24.6 Å². The van der Waals surface area contributed by atoms with Crippen LogP contribution in [0.2, 0.25) is 0 Å². The molecule has 0 bridgehead atoms. The molecule has 9 rings (SSSR count). The number of anilines is 3. The molecule has 332 valence electrons. The lowest BCUT2D eigenvalue weighted by Crippen LogP contribution is -2.67. The molecule has 1 saturated carbocycles. The molecule has 5 aromatic rings. The Balaban J connectivity index is 0.000000184. The van der Waals surface area contributed by atoms with Crippen LogP contribution >= 0.6 is 12.1 Å². The predicted molar refractivity (Wildman–Crippen MR) is 240 cm³/mol. The van der Waals surface area contributed by atoms with Crippen molar-refractivity contribution in [3.05, 3.63) is 72.1 Å². The lowest BCUT2D eigenvalue weighted by molar-refractivity contribution is -0.108. The molecule has 3 amide bonds. The molecule has 18 heteroatoms. The zero-order chi connectivity index (χ0) is 44.3. The summed E-state index contributed by atoms with van der Waals surface area (Å²) in [6.07, 6.45) is 11.3. The summed E-state index contributed by atoms with van der Waals surface area (Å²) in [5, 5.41) is 16.8. The summed E-state index contributed by atoms with van der Waals surface area (Å²) in [5.74, 6) is -0.306. The van der Waals surface area contributed by atoms with Gasteiger partial charge in [0, 0.05) is 100 Å². The summed E-state index contributed by atoms with van der Waals surface area (Å²) >= 11 is 1.32. The number of likely N-dealkylation sites (tertiary alicyclic amines) is 1. The van der Waals surface area contributed by atoms with Gasteiger partial charge in [-0.2, -0.15) is 10.4 Å². The number of nitrogens with one attached hydrogen (secondary N) is 2. The summed E-state index contributed by atoms with van der Waals surface area (Å²) in [6.45, 7) is 10.1. The van der Waals surface area contributed by atoms with Gasteiger partial charge in [0.15, 0.2) is 17.4 Å². The summed E-state index contributed by atoms with van der Waals surface area (Å²) in [7, 11) is 3.70. The molecule has 0 radical (unpaired) electrons. The number of carbonyl (C=O) groups is 2. The van der Waals surface area contributed by atoms with Crippen LogP contribution in [-0.4, -0.2) is 106 Å². The van der Waals surface area contributed by atoms with Crippen LogP contribution in [-0.2, 0) is 16.6 Å². The summed E-state index contributed by atoms with van der Waals surface area (Å²) < 4.78 is 48.2. The van der Waals surface area contributed by atoms with Gasteiger partial charge >= 0.3 is 6.03 Å². The number of imide groups is 1. The first-order valence-corrected chi connectivity index (χ1v) is 22.3.